The highest BCUT2D eigenvalue weighted by Crippen LogP contribution is 2.25. The lowest BCUT2D eigenvalue weighted by Gasteiger charge is -2.14. The fraction of sp³-hybridized carbons (Fsp3) is 0.120. The molecule has 0 aliphatic rings. The van der Waals surface area contributed by atoms with Crippen LogP contribution in [0.15, 0.2) is 71.1 Å². The Hall–Kier alpha value is -4.71. The molecule has 0 aliphatic carbocycles. The molecular weight excluding hydrogens is 441 g/mol. The second-order valence-corrected chi connectivity index (χ2v) is 7.46. The number of aliphatic carboxylic acids is 1. The van der Waals surface area contributed by atoms with Crippen LogP contribution in [0.2, 0.25) is 0 Å². The van der Waals surface area contributed by atoms with Gasteiger partial charge >= 0.3 is 12.1 Å². The van der Waals surface area contributed by atoms with Crippen molar-refractivity contribution in [1.29, 1.82) is 5.26 Å². The van der Waals surface area contributed by atoms with Gasteiger partial charge < -0.3 is 19.6 Å². The van der Waals surface area contributed by atoms with Crippen LogP contribution in [0, 0.1) is 17.1 Å². The number of aromatic nitrogens is 1. The van der Waals surface area contributed by atoms with E-state index < -0.39 is 23.9 Å². The van der Waals surface area contributed by atoms with Crippen LogP contribution in [0.25, 0.3) is 22.6 Å². The number of nitriles is 1. The van der Waals surface area contributed by atoms with Crippen molar-refractivity contribution in [3.05, 3.63) is 89.2 Å². The summed E-state index contributed by atoms with van der Waals surface area (Å²) in [5.41, 5.74) is 3.39. The van der Waals surface area contributed by atoms with Crippen molar-refractivity contribution in [3.8, 4) is 17.5 Å². The number of nitrogens with one attached hydrogen (secondary N) is 1. The van der Waals surface area contributed by atoms with Crippen molar-refractivity contribution in [2.24, 2.45) is 0 Å². The molecule has 9 heteroatoms. The molecule has 1 aromatic heterocycles. The molecule has 8 nitrogen and oxygen atoms in total. The third kappa shape index (κ3) is 5.37. The van der Waals surface area contributed by atoms with E-state index in [-0.39, 0.29) is 13.0 Å². The highest BCUT2D eigenvalue weighted by molar-refractivity contribution is 5.80. The predicted octanol–water partition coefficient (Wildman–Crippen LogP) is 4.43. The van der Waals surface area contributed by atoms with Gasteiger partial charge in [-0.05, 0) is 53.6 Å². The molecule has 1 atom stereocenters. The Kier molecular flexibility index (Phi) is 6.50. The van der Waals surface area contributed by atoms with Crippen molar-refractivity contribution in [3.63, 3.8) is 0 Å². The first-order valence-corrected chi connectivity index (χ1v) is 10.2. The molecule has 1 amide bonds. The fourth-order valence-electron chi connectivity index (χ4n) is 3.30. The lowest BCUT2D eigenvalue weighted by Crippen LogP contribution is -2.42. The second kappa shape index (κ2) is 9.83. The van der Waals surface area contributed by atoms with Gasteiger partial charge in [0.15, 0.2) is 5.58 Å². The minimum absolute atomic E-state index is 0.0224. The van der Waals surface area contributed by atoms with Crippen LogP contribution in [0.4, 0.5) is 9.18 Å². The van der Waals surface area contributed by atoms with Crippen LogP contribution in [-0.2, 0) is 22.6 Å². The number of fused-ring (bicyclic) bond motifs is 1. The molecule has 0 fully saturated rings. The molecule has 0 radical (unpaired) electrons. The first kappa shape index (κ1) is 22.5. The number of oxazole rings is 1. The lowest BCUT2D eigenvalue weighted by atomic mass is 10.1. The van der Waals surface area contributed by atoms with Crippen LogP contribution in [0.3, 0.4) is 0 Å². The van der Waals surface area contributed by atoms with Crippen LogP contribution < -0.4 is 5.32 Å². The average Bonchev–Trinajstić information content (AvgIpc) is 3.27. The van der Waals surface area contributed by atoms with E-state index in [4.69, 9.17) is 14.4 Å². The zero-order valence-electron chi connectivity index (χ0n) is 17.7. The van der Waals surface area contributed by atoms with Crippen LogP contribution >= 0.6 is 0 Å². The Morgan fingerprint density at radius 1 is 1.12 bits per heavy atom. The number of hydrogen-bond acceptors (Lipinski definition) is 6. The molecule has 0 unspecified atom stereocenters. The van der Waals surface area contributed by atoms with Gasteiger partial charge in [0.2, 0.25) is 5.89 Å². The Bertz CT molecular complexity index is 1390. The van der Waals surface area contributed by atoms with Crippen LogP contribution in [0.5, 0.6) is 0 Å². The Labute approximate surface area is 193 Å². The number of benzene rings is 3. The molecule has 2 N–H and O–H groups in total. The SMILES string of the molecule is N#Cc1cccc(-c2nc3cc(COC(=O)N[C@H](Cc4ccc(F)cc4)C(=O)O)ccc3o2)c1. The van der Waals surface area contributed by atoms with Gasteiger partial charge in [-0.1, -0.05) is 24.3 Å². The topological polar surface area (TPSA) is 125 Å². The Balaban J connectivity index is 1.40. The number of carbonyl (C=O) groups excluding carboxylic acids is 1. The van der Waals surface area contributed by atoms with Crippen molar-refractivity contribution < 1.29 is 28.2 Å². The maximum atomic E-state index is 13.0. The smallest absolute Gasteiger partial charge is 0.408 e. The molecule has 4 aromatic rings. The van der Waals surface area contributed by atoms with Crippen molar-refractivity contribution >= 4 is 23.2 Å². The predicted molar refractivity (Wildman–Crippen MR) is 119 cm³/mol. The Morgan fingerprint density at radius 2 is 1.88 bits per heavy atom. The summed E-state index contributed by atoms with van der Waals surface area (Å²) in [7, 11) is 0. The molecule has 0 aliphatic heterocycles. The standard InChI is InChI=1S/C25H18FN3O5/c26-19-7-4-15(5-8-19)11-21(24(30)31)29-25(32)33-14-17-6-9-22-20(12-17)28-23(34-22)18-3-1-2-16(10-18)13-27/h1-10,12,21H,11,14H2,(H,29,32)(H,30,31)/t21-/m1/s1. The first-order valence-electron chi connectivity index (χ1n) is 10.2. The molecule has 0 saturated carbocycles. The second-order valence-electron chi connectivity index (χ2n) is 7.46. The largest absolute Gasteiger partial charge is 0.480 e. The van der Waals surface area contributed by atoms with Crippen molar-refractivity contribution in [2.75, 3.05) is 0 Å². The van der Waals surface area contributed by atoms with Crippen LogP contribution in [-0.4, -0.2) is 28.2 Å². The van der Waals surface area contributed by atoms with Gasteiger partial charge in [-0.2, -0.15) is 5.26 Å². The van der Waals surface area contributed by atoms with E-state index in [0.29, 0.717) is 39.2 Å². The zero-order valence-corrected chi connectivity index (χ0v) is 17.7. The van der Waals surface area contributed by atoms with E-state index in [1.807, 2.05) is 0 Å². The number of hydrogen-bond donors (Lipinski definition) is 2. The molecule has 0 spiro atoms. The number of ether oxygens (including phenoxy) is 1. The van der Waals surface area contributed by atoms with Gasteiger partial charge in [0, 0.05) is 12.0 Å². The average molecular weight is 459 g/mol. The zero-order chi connectivity index (χ0) is 24.1. The summed E-state index contributed by atoms with van der Waals surface area (Å²) in [6, 6.07) is 18.1. The van der Waals surface area contributed by atoms with Gasteiger partial charge in [0.05, 0.1) is 11.6 Å². The van der Waals surface area contributed by atoms with E-state index in [1.165, 1.54) is 24.3 Å². The number of carbonyl (C=O) groups is 2. The lowest BCUT2D eigenvalue weighted by molar-refractivity contribution is -0.139. The number of carboxylic acid groups (broad SMARTS) is 1. The molecule has 1 heterocycles. The van der Waals surface area contributed by atoms with E-state index in [0.717, 1.165) is 0 Å². The number of alkyl carbamates (subject to hydrolysis) is 1. The molecule has 4 rings (SSSR count). The third-order valence-electron chi connectivity index (χ3n) is 5.00. The molecule has 34 heavy (non-hydrogen) atoms. The number of rotatable bonds is 7. The number of nitrogens with zero attached hydrogens (tertiary/aromatic N) is 2. The molecule has 0 saturated heterocycles. The first-order chi connectivity index (χ1) is 16.4. The van der Waals surface area contributed by atoms with E-state index in [1.54, 1.807) is 42.5 Å². The van der Waals surface area contributed by atoms with E-state index >= 15 is 0 Å². The fourth-order valence-corrected chi connectivity index (χ4v) is 3.30. The summed E-state index contributed by atoms with van der Waals surface area (Å²) < 4.78 is 24.0. The quantitative estimate of drug-likeness (QED) is 0.419. The summed E-state index contributed by atoms with van der Waals surface area (Å²) in [5.74, 6) is -1.32. The van der Waals surface area contributed by atoms with E-state index in [2.05, 4.69) is 16.4 Å². The van der Waals surface area contributed by atoms with Gasteiger partial charge in [-0.3, -0.25) is 0 Å². The van der Waals surface area contributed by atoms with Gasteiger partial charge in [0.25, 0.3) is 0 Å². The number of amides is 1. The maximum absolute atomic E-state index is 13.0. The Morgan fingerprint density at radius 3 is 2.62 bits per heavy atom. The highest BCUT2D eigenvalue weighted by Gasteiger charge is 2.21. The summed E-state index contributed by atoms with van der Waals surface area (Å²) in [6.07, 6.45) is -0.922. The summed E-state index contributed by atoms with van der Waals surface area (Å²) in [5, 5.41) is 20.8. The monoisotopic (exact) mass is 459 g/mol. The van der Waals surface area contributed by atoms with Crippen molar-refractivity contribution in [1.82, 2.24) is 10.3 Å². The number of halogens is 1. The van der Waals surface area contributed by atoms with E-state index in [9.17, 15) is 19.1 Å². The summed E-state index contributed by atoms with van der Waals surface area (Å²) in [4.78, 5) is 28.1. The molecule has 3 aromatic carbocycles. The van der Waals surface area contributed by atoms with Gasteiger partial charge in [-0.25, -0.2) is 19.0 Å². The minimum Gasteiger partial charge on any atom is -0.480 e. The van der Waals surface area contributed by atoms with Crippen molar-refractivity contribution in [2.45, 2.75) is 19.1 Å². The summed E-state index contributed by atoms with van der Waals surface area (Å²) in [6.45, 7) is -0.114. The number of carboxylic acids is 1. The normalized spacial score (nSPS) is 11.5. The highest BCUT2D eigenvalue weighted by atomic mass is 19.1. The molecule has 0 bridgehead atoms. The maximum Gasteiger partial charge on any atom is 0.408 e. The minimum atomic E-state index is -1.24. The van der Waals surface area contributed by atoms with Crippen LogP contribution in [0.1, 0.15) is 16.7 Å². The van der Waals surface area contributed by atoms with Gasteiger partial charge in [0.1, 0.15) is 24.0 Å². The summed E-state index contributed by atoms with van der Waals surface area (Å²) >= 11 is 0. The third-order valence-corrected chi connectivity index (χ3v) is 5.00. The van der Waals surface area contributed by atoms with Gasteiger partial charge in [-0.15, -0.1) is 0 Å². The molecule has 170 valence electrons. The molecular formula is C25H18FN3O5.